The summed E-state index contributed by atoms with van der Waals surface area (Å²) in [6, 6.07) is 1.79. The number of hydrogen-bond donors (Lipinski definition) is 3. The predicted molar refractivity (Wildman–Crippen MR) is 69.1 cm³/mol. The Morgan fingerprint density at radius 3 is 2.71 bits per heavy atom. The zero-order chi connectivity index (χ0) is 12.6. The third-order valence-electron chi connectivity index (χ3n) is 2.60. The highest BCUT2D eigenvalue weighted by Crippen LogP contribution is 2.43. The van der Waals surface area contributed by atoms with Crippen molar-refractivity contribution in [3.05, 3.63) is 22.3 Å². The summed E-state index contributed by atoms with van der Waals surface area (Å²) in [5.41, 5.74) is 7.78. The molecule has 90 valence electrons. The van der Waals surface area contributed by atoms with Gasteiger partial charge in [-0.05, 0) is 13.0 Å². The van der Waals surface area contributed by atoms with E-state index >= 15 is 0 Å². The number of aromatic amines is 1. The van der Waals surface area contributed by atoms with E-state index in [0.717, 1.165) is 10.0 Å². The van der Waals surface area contributed by atoms with Gasteiger partial charge in [0.2, 0.25) is 0 Å². The van der Waals surface area contributed by atoms with Crippen molar-refractivity contribution in [3.8, 4) is 22.6 Å². The number of nitrogens with two attached hydrogens (primary N) is 1. The van der Waals surface area contributed by atoms with Gasteiger partial charge in [-0.2, -0.15) is 5.10 Å². The Labute approximate surface area is 107 Å². The van der Waals surface area contributed by atoms with Crippen LogP contribution >= 0.6 is 15.9 Å². The van der Waals surface area contributed by atoms with Gasteiger partial charge in [-0.25, -0.2) is 0 Å². The third-order valence-corrected chi connectivity index (χ3v) is 3.43. The molecule has 4 N–H and O–H groups in total. The number of nitrogen functional groups attached to an aromatic ring is 1. The fourth-order valence-corrected chi connectivity index (χ4v) is 2.09. The second-order valence-corrected chi connectivity index (χ2v) is 4.46. The van der Waals surface area contributed by atoms with Crippen LogP contribution in [-0.2, 0) is 0 Å². The maximum atomic E-state index is 10.1. The van der Waals surface area contributed by atoms with Crippen LogP contribution in [0.5, 0.6) is 11.5 Å². The molecular weight excluding hydrogens is 286 g/mol. The van der Waals surface area contributed by atoms with Gasteiger partial charge in [0.15, 0.2) is 11.5 Å². The van der Waals surface area contributed by atoms with Gasteiger partial charge in [0.25, 0.3) is 0 Å². The van der Waals surface area contributed by atoms with E-state index in [1.54, 1.807) is 12.3 Å². The number of phenols is 1. The SMILES string of the molecule is COc1c(C)c(Br)cc(-c2cn[nH]c2N)c1O. The van der Waals surface area contributed by atoms with E-state index in [9.17, 15) is 5.11 Å². The Morgan fingerprint density at radius 2 is 2.18 bits per heavy atom. The number of benzene rings is 1. The van der Waals surface area contributed by atoms with Crippen molar-refractivity contribution < 1.29 is 9.84 Å². The van der Waals surface area contributed by atoms with Crippen LogP contribution in [0.15, 0.2) is 16.7 Å². The van der Waals surface area contributed by atoms with Crippen molar-refractivity contribution in [1.82, 2.24) is 10.2 Å². The van der Waals surface area contributed by atoms with Crippen LogP contribution in [0.1, 0.15) is 5.56 Å². The largest absolute Gasteiger partial charge is 0.504 e. The summed E-state index contributed by atoms with van der Waals surface area (Å²) in [4.78, 5) is 0. The summed E-state index contributed by atoms with van der Waals surface area (Å²) in [5.74, 6) is 0.884. The Balaban J connectivity index is 2.72. The minimum atomic E-state index is 0.0568. The number of methoxy groups -OCH3 is 1. The van der Waals surface area contributed by atoms with Crippen molar-refractivity contribution in [2.45, 2.75) is 6.92 Å². The van der Waals surface area contributed by atoms with Crippen LogP contribution in [0.25, 0.3) is 11.1 Å². The average Bonchev–Trinajstić information content (AvgIpc) is 2.71. The summed E-state index contributed by atoms with van der Waals surface area (Å²) >= 11 is 3.42. The number of H-pyrrole nitrogens is 1. The molecule has 1 heterocycles. The van der Waals surface area contributed by atoms with Crippen molar-refractivity contribution in [3.63, 3.8) is 0 Å². The van der Waals surface area contributed by atoms with E-state index < -0.39 is 0 Å². The maximum Gasteiger partial charge on any atom is 0.166 e. The predicted octanol–water partition coefficient (Wildman–Crippen LogP) is 2.44. The molecule has 6 heteroatoms. The number of halogens is 1. The van der Waals surface area contributed by atoms with Gasteiger partial charge < -0.3 is 15.6 Å². The molecule has 0 saturated heterocycles. The molecular formula is C11H12BrN3O2. The molecule has 0 radical (unpaired) electrons. The first-order valence-corrected chi connectivity index (χ1v) is 5.70. The molecule has 0 atom stereocenters. The Morgan fingerprint density at radius 1 is 1.47 bits per heavy atom. The first-order valence-electron chi connectivity index (χ1n) is 4.91. The van der Waals surface area contributed by atoms with Crippen molar-refractivity contribution >= 4 is 21.7 Å². The van der Waals surface area contributed by atoms with E-state index in [1.165, 1.54) is 7.11 Å². The third kappa shape index (κ3) is 1.84. The molecule has 5 nitrogen and oxygen atoms in total. The molecule has 2 rings (SSSR count). The van der Waals surface area contributed by atoms with Gasteiger partial charge in [-0.3, -0.25) is 5.10 Å². The molecule has 0 unspecified atom stereocenters. The van der Waals surface area contributed by atoms with Crippen molar-refractivity contribution in [2.75, 3.05) is 12.8 Å². The average molecular weight is 298 g/mol. The molecule has 1 aromatic heterocycles. The number of phenolic OH excluding ortho intramolecular Hbond substituents is 1. The Hall–Kier alpha value is -1.69. The van der Waals surface area contributed by atoms with E-state index in [-0.39, 0.29) is 5.75 Å². The lowest BCUT2D eigenvalue weighted by Gasteiger charge is -2.13. The topological polar surface area (TPSA) is 84.2 Å². The van der Waals surface area contributed by atoms with Gasteiger partial charge in [-0.15, -0.1) is 0 Å². The zero-order valence-corrected chi connectivity index (χ0v) is 11.0. The lowest BCUT2D eigenvalue weighted by Crippen LogP contribution is -1.93. The fraction of sp³-hybridized carbons (Fsp3) is 0.182. The van der Waals surface area contributed by atoms with Gasteiger partial charge >= 0.3 is 0 Å². The Bertz CT molecular complexity index is 566. The fourth-order valence-electron chi connectivity index (χ4n) is 1.68. The van der Waals surface area contributed by atoms with E-state index in [4.69, 9.17) is 10.5 Å². The lowest BCUT2D eigenvalue weighted by molar-refractivity contribution is 0.371. The Kier molecular flexibility index (Phi) is 2.97. The van der Waals surface area contributed by atoms with Gasteiger partial charge in [-0.1, -0.05) is 15.9 Å². The molecule has 0 bridgehead atoms. The van der Waals surface area contributed by atoms with E-state index in [2.05, 4.69) is 26.1 Å². The number of anilines is 1. The number of nitrogens with zero attached hydrogens (tertiary/aromatic N) is 1. The summed E-state index contributed by atoms with van der Waals surface area (Å²) in [6.07, 6.45) is 1.56. The monoisotopic (exact) mass is 297 g/mol. The molecule has 2 aromatic rings. The standard InChI is InChI=1S/C11H12BrN3O2/c1-5-8(12)3-6(9(16)10(5)17-2)7-4-14-15-11(7)13/h3-4,16H,1-2H3,(H3,13,14,15). The van der Waals surface area contributed by atoms with Crippen LogP contribution in [0, 0.1) is 6.92 Å². The second kappa shape index (κ2) is 4.29. The molecule has 0 aliphatic rings. The van der Waals surface area contributed by atoms with Gasteiger partial charge in [0.1, 0.15) is 5.82 Å². The van der Waals surface area contributed by atoms with Gasteiger partial charge in [0, 0.05) is 21.2 Å². The van der Waals surface area contributed by atoms with Crippen LogP contribution in [0.4, 0.5) is 5.82 Å². The molecule has 0 spiro atoms. The normalized spacial score (nSPS) is 10.5. The summed E-state index contributed by atoms with van der Waals surface area (Å²) in [5, 5.41) is 16.6. The first kappa shape index (κ1) is 11.8. The highest BCUT2D eigenvalue weighted by Gasteiger charge is 2.18. The summed E-state index contributed by atoms with van der Waals surface area (Å²) < 4.78 is 6.02. The number of aromatic nitrogens is 2. The van der Waals surface area contributed by atoms with Crippen molar-refractivity contribution in [1.29, 1.82) is 0 Å². The highest BCUT2D eigenvalue weighted by molar-refractivity contribution is 9.10. The smallest absolute Gasteiger partial charge is 0.166 e. The van der Waals surface area contributed by atoms with Crippen LogP contribution < -0.4 is 10.5 Å². The van der Waals surface area contributed by atoms with Gasteiger partial charge in [0.05, 0.1) is 13.3 Å². The quantitative estimate of drug-likeness (QED) is 0.795. The van der Waals surface area contributed by atoms with Crippen LogP contribution in [0.2, 0.25) is 0 Å². The molecule has 0 fully saturated rings. The molecule has 17 heavy (non-hydrogen) atoms. The summed E-state index contributed by atoms with van der Waals surface area (Å²) in [7, 11) is 1.51. The maximum absolute atomic E-state index is 10.1. The highest BCUT2D eigenvalue weighted by atomic mass is 79.9. The number of rotatable bonds is 2. The minimum Gasteiger partial charge on any atom is -0.504 e. The molecule has 0 aliphatic carbocycles. The lowest BCUT2D eigenvalue weighted by atomic mass is 10.0. The number of ether oxygens (including phenoxy) is 1. The first-order chi connectivity index (χ1) is 8.06. The summed E-state index contributed by atoms with van der Waals surface area (Å²) in [6.45, 7) is 1.85. The number of nitrogens with one attached hydrogen (secondary N) is 1. The van der Waals surface area contributed by atoms with E-state index in [1.807, 2.05) is 6.92 Å². The second-order valence-electron chi connectivity index (χ2n) is 3.61. The molecule has 1 aromatic carbocycles. The minimum absolute atomic E-state index is 0.0568. The van der Waals surface area contributed by atoms with E-state index in [0.29, 0.717) is 22.7 Å². The van der Waals surface area contributed by atoms with Crippen molar-refractivity contribution in [2.24, 2.45) is 0 Å². The molecule has 0 saturated carbocycles. The van der Waals surface area contributed by atoms with Crippen LogP contribution in [0.3, 0.4) is 0 Å². The molecule has 0 aliphatic heterocycles. The molecule has 0 amide bonds. The number of hydrogen-bond acceptors (Lipinski definition) is 4. The zero-order valence-electron chi connectivity index (χ0n) is 9.41. The van der Waals surface area contributed by atoms with Crippen LogP contribution in [-0.4, -0.2) is 22.4 Å². The number of aromatic hydroxyl groups is 1.